The Morgan fingerprint density at radius 2 is 1.33 bits per heavy atom. The molecule has 0 spiro atoms. The van der Waals surface area contributed by atoms with E-state index in [0.29, 0.717) is 0 Å². The molecule has 6 heteroatoms. The molecule has 1 aliphatic rings. The fourth-order valence-electron chi connectivity index (χ4n) is 1.34. The van der Waals surface area contributed by atoms with Crippen molar-refractivity contribution in [3.05, 3.63) is 0 Å². The van der Waals surface area contributed by atoms with E-state index in [-0.39, 0.29) is 0 Å². The van der Waals surface area contributed by atoms with E-state index in [0.717, 1.165) is 0 Å². The maximum Gasteiger partial charge on any atom is 0.338 e. The molecule has 0 aromatic heterocycles. The van der Waals surface area contributed by atoms with Crippen molar-refractivity contribution in [2.45, 2.75) is 31.8 Å². The highest BCUT2D eigenvalue weighted by Crippen LogP contribution is 2.29. The van der Waals surface area contributed by atoms with Gasteiger partial charge in [0.2, 0.25) is 0 Å². The van der Waals surface area contributed by atoms with E-state index >= 15 is 0 Å². The third-order valence-electron chi connectivity index (χ3n) is 1.96. The van der Waals surface area contributed by atoms with E-state index in [9.17, 15) is 9.59 Å². The van der Waals surface area contributed by atoms with E-state index in [1.54, 1.807) is 13.8 Å². The van der Waals surface area contributed by atoms with Crippen molar-refractivity contribution in [1.29, 1.82) is 0 Å². The number of hydrogen-bond donors (Lipinski definition) is 0. The number of rotatable bonds is 2. The van der Waals surface area contributed by atoms with Crippen molar-refractivity contribution in [2.24, 2.45) is 0 Å². The first-order chi connectivity index (χ1) is 6.91. The topological polar surface area (TPSA) is 71.1 Å². The maximum atomic E-state index is 11.3. The second kappa shape index (κ2) is 4.16. The fraction of sp³-hybridized carbons (Fsp3) is 0.778. The molecule has 1 fully saturated rings. The van der Waals surface area contributed by atoms with Gasteiger partial charge >= 0.3 is 11.9 Å². The Morgan fingerprint density at radius 1 is 1.00 bits per heavy atom. The molecule has 15 heavy (non-hydrogen) atoms. The number of methoxy groups -OCH3 is 2. The van der Waals surface area contributed by atoms with Crippen LogP contribution in [0.4, 0.5) is 0 Å². The summed E-state index contributed by atoms with van der Waals surface area (Å²) in [5, 5.41) is 0. The van der Waals surface area contributed by atoms with Gasteiger partial charge in [0.1, 0.15) is 0 Å². The molecular weight excluding hydrogens is 204 g/mol. The lowest BCUT2D eigenvalue weighted by atomic mass is 10.2. The molecule has 0 unspecified atom stereocenters. The minimum atomic E-state index is -1.07. The molecule has 0 saturated carbocycles. The van der Waals surface area contributed by atoms with E-state index in [1.165, 1.54) is 14.2 Å². The Balaban J connectivity index is 2.83. The van der Waals surface area contributed by atoms with Gasteiger partial charge in [-0.25, -0.2) is 9.59 Å². The quantitative estimate of drug-likeness (QED) is 0.600. The van der Waals surface area contributed by atoms with Crippen molar-refractivity contribution in [1.82, 2.24) is 0 Å². The molecule has 1 heterocycles. The minimum Gasteiger partial charge on any atom is -0.467 e. The lowest BCUT2D eigenvalue weighted by Gasteiger charge is -2.15. The summed E-state index contributed by atoms with van der Waals surface area (Å²) in [6.07, 6.45) is -2.14. The number of carbonyl (C=O) groups is 2. The molecule has 1 rings (SSSR count). The minimum absolute atomic E-state index is 0.657. The molecular formula is C9H14O6. The lowest BCUT2D eigenvalue weighted by Crippen LogP contribution is -2.38. The zero-order valence-electron chi connectivity index (χ0n) is 9.10. The van der Waals surface area contributed by atoms with Gasteiger partial charge in [0.15, 0.2) is 18.0 Å². The number of carbonyl (C=O) groups excluding carboxylic acids is 2. The Morgan fingerprint density at radius 3 is 1.60 bits per heavy atom. The first-order valence-electron chi connectivity index (χ1n) is 4.42. The normalized spacial score (nSPS) is 28.5. The zero-order chi connectivity index (χ0) is 11.6. The van der Waals surface area contributed by atoms with Crippen molar-refractivity contribution < 1.29 is 28.5 Å². The summed E-state index contributed by atoms with van der Waals surface area (Å²) in [5.74, 6) is -2.32. The van der Waals surface area contributed by atoms with Crippen molar-refractivity contribution in [3.63, 3.8) is 0 Å². The van der Waals surface area contributed by atoms with Gasteiger partial charge in [-0.3, -0.25) is 0 Å². The van der Waals surface area contributed by atoms with Crippen LogP contribution >= 0.6 is 0 Å². The fourth-order valence-corrected chi connectivity index (χ4v) is 1.34. The highest BCUT2D eigenvalue weighted by atomic mass is 16.8. The molecule has 6 nitrogen and oxygen atoms in total. The Bertz CT molecular complexity index is 246. The average Bonchev–Trinajstić information content (AvgIpc) is 2.52. The summed E-state index contributed by atoms with van der Waals surface area (Å²) in [6.45, 7) is 3.21. The molecule has 2 atom stereocenters. The van der Waals surface area contributed by atoms with Crippen LogP contribution < -0.4 is 0 Å². The summed E-state index contributed by atoms with van der Waals surface area (Å²) in [5.41, 5.74) is 0. The van der Waals surface area contributed by atoms with Gasteiger partial charge in [-0.2, -0.15) is 0 Å². The lowest BCUT2D eigenvalue weighted by molar-refractivity contribution is -0.171. The maximum absolute atomic E-state index is 11.3. The molecule has 0 N–H and O–H groups in total. The van der Waals surface area contributed by atoms with Crippen molar-refractivity contribution in [3.8, 4) is 0 Å². The summed E-state index contributed by atoms with van der Waals surface area (Å²) in [7, 11) is 2.43. The molecule has 0 radical (unpaired) electrons. The van der Waals surface area contributed by atoms with Crippen LogP contribution in [0.1, 0.15) is 13.8 Å². The first kappa shape index (κ1) is 11.9. The van der Waals surface area contributed by atoms with Crippen LogP contribution in [0.2, 0.25) is 0 Å². The van der Waals surface area contributed by atoms with Gasteiger partial charge < -0.3 is 18.9 Å². The van der Waals surface area contributed by atoms with Crippen LogP contribution in [0, 0.1) is 0 Å². The van der Waals surface area contributed by atoms with Gasteiger partial charge in [0.25, 0.3) is 0 Å². The van der Waals surface area contributed by atoms with E-state index < -0.39 is 29.9 Å². The van der Waals surface area contributed by atoms with Crippen LogP contribution in [0.5, 0.6) is 0 Å². The van der Waals surface area contributed by atoms with Gasteiger partial charge in [0, 0.05) is 0 Å². The molecule has 0 aromatic rings. The van der Waals surface area contributed by atoms with Crippen LogP contribution in [-0.4, -0.2) is 44.2 Å². The van der Waals surface area contributed by atoms with Gasteiger partial charge in [-0.15, -0.1) is 0 Å². The van der Waals surface area contributed by atoms with Gasteiger partial charge in [-0.05, 0) is 13.8 Å². The van der Waals surface area contributed by atoms with E-state index in [2.05, 4.69) is 9.47 Å². The van der Waals surface area contributed by atoms with Crippen molar-refractivity contribution >= 4 is 11.9 Å². The van der Waals surface area contributed by atoms with Crippen molar-refractivity contribution in [2.75, 3.05) is 14.2 Å². The highest BCUT2D eigenvalue weighted by molar-refractivity contribution is 5.86. The smallest absolute Gasteiger partial charge is 0.338 e. The van der Waals surface area contributed by atoms with Gasteiger partial charge in [-0.1, -0.05) is 0 Å². The molecule has 0 amide bonds. The third kappa shape index (κ3) is 2.45. The predicted octanol–water partition coefficient (Wildman–Crippen LogP) is -0.148. The second-order valence-electron chi connectivity index (χ2n) is 3.52. The van der Waals surface area contributed by atoms with Gasteiger partial charge in [0.05, 0.1) is 14.2 Å². The standard InChI is InChI=1S/C9H14O6/c1-9(2)14-5(7(10)12-3)6(15-9)8(11)13-4/h5-6H,1-4H3/t5-,6-/m0/s1. The van der Waals surface area contributed by atoms with Crippen LogP contribution in [0.15, 0.2) is 0 Å². The zero-order valence-corrected chi connectivity index (χ0v) is 9.10. The number of hydrogen-bond acceptors (Lipinski definition) is 6. The SMILES string of the molecule is COC(=O)[C@H]1OC(C)(C)O[C@@H]1C(=O)OC. The largest absolute Gasteiger partial charge is 0.467 e. The summed E-state index contributed by atoms with van der Waals surface area (Å²) in [4.78, 5) is 22.6. The molecule has 0 aromatic carbocycles. The Kier molecular flexibility index (Phi) is 3.31. The Hall–Kier alpha value is -1.14. The summed E-state index contributed by atoms with van der Waals surface area (Å²) < 4.78 is 19.5. The first-order valence-corrected chi connectivity index (χ1v) is 4.42. The predicted molar refractivity (Wildman–Crippen MR) is 47.9 cm³/mol. The monoisotopic (exact) mass is 218 g/mol. The van der Waals surface area contributed by atoms with Crippen LogP contribution in [0.25, 0.3) is 0 Å². The van der Waals surface area contributed by atoms with Crippen LogP contribution in [-0.2, 0) is 28.5 Å². The van der Waals surface area contributed by atoms with E-state index in [1.807, 2.05) is 0 Å². The second-order valence-corrected chi connectivity index (χ2v) is 3.52. The molecule has 86 valence electrons. The molecule has 1 saturated heterocycles. The Labute approximate surface area is 87.4 Å². The number of ether oxygens (including phenoxy) is 4. The molecule has 1 aliphatic heterocycles. The number of esters is 2. The molecule has 0 bridgehead atoms. The summed E-state index contributed by atoms with van der Waals surface area (Å²) >= 11 is 0. The average molecular weight is 218 g/mol. The highest BCUT2D eigenvalue weighted by Gasteiger charge is 2.50. The summed E-state index contributed by atoms with van der Waals surface area (Å²) in [6, 6.07) is 0. The van der Waals surface area contributed by atoms with E-state index in [4.69, 9.17) is 9.47 Å². The van der Waals surface area contributed by atoms with Crippen LogP contribution in [0.3, 0.4) is 0 Å². The third-order valence-corrected chi connectivity index (χ3v) is 1.96. The molecule has 0 aliphatic carbocycles.